The molecule has 1 saturated carbocycles. The molecule has 0 unspecified atom stereocenters. The molecule has 9 heteroatoms. The molecule has 3 rings (SSSR count). The molecule has 2 aliphatic rings. The summed E-state index contributed by atoms with van der Waals surface area (Å²) in [5.74, 6) is 0.412. The van der Waals surface area contributed by atoms with Crippen molar-refractivity contribution in [1.82, 2.24) is 13.5 Å². The van der Waals surface area contributed by atoms with Crippen molar-refractivity contribution < 1.29 is 17.6 Å². The smallest absolute Gasteiger partial charge is 0.282 e. The summed E-state index contributed by atoms with van der Waals surface area (Å²) < 4.78 is 34.0. The van der Waals surface area contributed by atoms with Gasteiger partial charge in [0.1, 0.15) is 12.0 Å². The number of piperazine rings is 1. The van der Waals surface area contributed by atoms with E-state index in [9.17, 15) is 13.2 Å². The first-order valence-electron chi connectivity index (χ1n) is 9.23. The second-order valence-electron chi connectivity index (χ2n) is 7.01. The first kappa shape index (κ1) is 19.3. The van der Waals surface area contributed by atoms with Crippen LogP contribution in [0, 0.1) is 0 Å². The van der Waals surface area contributed by atoms with Crippen molar-refractivity contribution in [3.8, 4) is 0 Å². The SMILES string of the molecule is CN(C1CCCCC1)S(=O)(=O)N1CCN(C(=O)c2coc(CN)c2)CC1. The average Bonchev–Trinajstić information content (AvgIpc) is 3.17. The van der Waals surface area contributed by atoms with E-state index in [0.29, 0.717) is 37.5 Å². The Morgan fingerprint density at radius 1 is 1.23 bits per heavy atom. The highest BCUT2D eigenvalue weighted by atomic mass is 32.2. The van der Waals surface area contributed by atoms with Crippen molar-refractivity contribution in [3.05, 3.63) is 23.7 Å². The van der Waals surface area contributed by atoms with E-state index in [0.717, 1.165) is 25.7 Å². The molecule has 1 saturated heterocycles. The van der Waals surface area contributed by atoms with Crippen LogP contribution in [0.25, 0.3) is 0 Å². The van der Waals surface area contributed by atoms with Crippen LogP contribution in [-0.4, -0.2) is 67.1 Å². The fraction of sp³-hybridized carbons (Fsp3) is 0.706. The van der Waals surface area contributed by atoms with Crippen LogP contribution >= 0.6 is 0 Å². The molecule has 0 aromatic carbocycles. The third kappa shape index (κ3) is 3.95. The first-order valence-corrected chi connectivity index (χ1v) is 10.6. The van der Waals surface area contributed by atoms with Gasteiger partial charge in [0, 0.05) is 39.3 Å². The fourth-order valence-electron chi connectivity index (χ4n) is 3.72. The lowest BCUT2D eigenvalue weighted by Gasteiger charge is -2.38. The van der Waals surface area contributed by atoms with Crippen molar-refractivity contribution in [3.63, 3.8) is 0 Å². The van der Waals surface area contributed by atoms with Gasteiger partial charge in [-0.05, 0) is 18.9 Å². The van der Waals surface area contributed by atoms with Gasteiger partial charge in [0.15, 0.2) is 0 Å². The molecule has 0 atom stereocenters. The fourth-order valence-corrected chi connectivity index (χ4v) is 5.30. The van der Waals surface area contributed by atoms with E-state index in [1.807, 2.05) is 0 Å². The Bertz CT molecular complexity index is 719. The number of hydrogen-bond acceptors (Lipinski definition) is 5. The monoisotopic (exact) mass is 384 g/mol. The Labute approximate surface area is 155 Å². The lowest BCUT2D eigenvalue weighted by Crippen LogP contribution is -2.55. The molecule has 0 radical (unpaired) electrons. The maximum atomic E-state index is 12.9. The van der Waals surface area contributed by atoms with Gasteiger partial charge in [-0.15, -0.1) is 0 Å². The highest BCUT2D eigenvalue weighted by Gasteiger charge is 2.35. The molecule has 0 spiro atoms. The molecule has 1 aromatic heterocycles. The molecular weight excluding hydrogens is 356 g/mol. The molecule has 8 nitrogen and oxygen atoms in total. The molecule has 2 heterocycles. The van der Waals surface area contributed by atoms with Crippen molar-refractivity contribution >= 4 is 16.1 Å². The van der Waals surface area contributed by atoms with Crippen LogP contribution in [-0.2, 0) is 16.8 Å². The molecule has 1 amide bonds. The van der Waals surface area contributed by atoms with Crippen LogP contribution in [0.4, 0.5) is 0 Å². The zero-order valence-corrected chi connectivity index (χ0v) is 16.1. The molecule has 26 heavy (non-hydrogen) atoms. The quantitative estimate of drug-likeness (QED) is 0.816. The minimum atomic E-state index is -3.48. The summed E-state index contributed by atoms with van der Waals surface area (Å²) >= 11 is 0. The first-order chi connectivity index (χ1) is 12.4. The third-order valence-corrected chi connectivity index (χ3v) is 7.45. The van der Waals surface area contributed by atoms with Gasteiger partial charge in [-0.1, -0.05) is 19.3 Å². The minimum Gasteiger partial charge on any atom is -0.467 e. The van der Waals surface area contributed by atoms with Crippen molar-refractivity contribution in [1.29, 1.82) is 0 Å². The van der Waals surface area contributed by atoms with E-state index in [1.165, 1.54) is 21.3 Å². The van der Waals surface area contributed by atoms with Crippen LogP contribution in [0.2, 0.25) is 0 Å². The van der Waals surface area contributed by atoms with Crippen LogP contribution in [0.15, 0.2) is 16.7 Å². The van der Waals surface area contributed by atoms with E-state index in [1.54, 1.807) is 18.0 Å². The lowest BCUT2D eigenvalue weighted by atomic mass is 9.96. The number of furan rings is 1. The summed E-state index contributed by atoms with van der Waals surface area (Å²) in [6.45, 7) is 1.62. The zero-order chi connectivity index (χ0) is 18.7. The largest absolute Gasteiger partial charge is 0.467 e. The van der Waals surface area contributed by atoms with Crippen molar-refractivity contribution in [2.24, 2.45) is 5.73 Å². The number of nitrogens with zero attached hydrogens (tertiary/aromatic N) is 3. The molecule has 0 bridgehead atoms. The molecular formula is C17H28N4O4S. The van der Waals surface area contributed by atoms with Gasteiger partial charge in [0.25, 0.3) is 16.1 Å². The third-order valence-electron chi connectivity index (χ3n) is 5.41. The summed E-state index contributed by atoms with van der Waals surface area (Å²) in [5.41, 5.74) is 5.96. The number of carbonyl (C=O) groups is 1. The Balaban J connectivity index is 1.59. The zero-order valence-electron chi connectivity index (χ0n) is 15.3. The Morgan fingerprint density at radius 2 is 1.88 bits per heavy atom. The van der Waals surface area contributed by atoms with Crippen molar-refractivity contribution in [2.45, 2.75) is 44.7 Å². The van der Waals surface area contributed by atoms with Gasteiger partial charge >= 0.3 is 0 Å². The van der Waals surface area contributed by atoms with E-state index in [4.69, 9.17) is 10.2 Å². The number of nitrogens with two attached hydrogens (primary N) is 1. The summed E-state index contributed by atoms with van der Waals surface area (Å²) in [6, 6.07) is 1.73. The highest BCUT2D eigenvalue weighted by molar-refractivity contribution is 7.86. The number of carbonyl (C=O) groups excluding carboxylic acids is 1. The van der Waals surface area contributed by atoms with Crippen molar-refractivity contribution in [2.75, 3.05) is 33.2 Å². The van der Waals surface area contributed by atoms with Gasteiger partial charge in [-0.3, -0.25) is 4.79 Å². The standard InChI is InChI=1S/C17H28N4O4S/c1-19(15-5-3-2-4-6-15)26(23,24)21-9-7-20(8-10-21)17(22)14-11-16(12-18)25-13-14/h11,13,15H,2-10,12,18H2,1H3. The van der Waals surface area contributed by atoms with E-state index < -0.39 is 10.2 Å². The predicted octanol–water partition coefficient (Wildman–Crippen LogP) is 1.01. The van der Waals surface area contributed by atoms with Crippen LogP contribution in [0.3, 0.4) is 0 Å². The topological polar surface area (TPSA) is 100 Å². The van der Waals surface area contributed by atoms with Gasteiger partial charge in [-0.25, -0.2) is 0 Å². The maximum Gasteiger partial charge on any atom is 0.282 e. The average molecular weight is 385 g/mol. The molecule has 1 aliphatic carbocycles. The molecule has 146 valence electrons. The minimum absolute atomic E-state index is 0.0917. The lowest BCUT2D eigenvalue weighted by molar-refractivity contribution is 0.0692. The summed E-state index contributed by atoms with van der Waals surface area (Å²) in [7, 11) is -1.80. The summed E-state index contributed by atoms with van der Waals surface area (Å²) in [5, 5.41) is 0. The van der Waals surface area contributed by atoms with Crippen LogP contribution < -0.4 is 5.73 Å². The molecule has 2 N–H and O–H groups in total. The van der Waals surface area contributed by atoms with Gasteiger partial charge in [0.05, 0.1) is 12.1 Å². The van der Waals surface area contributed by atoms with Gasteiger partial charge < -0.3 is 15.1 Å². The summed E-state index contributed by atoms with van der Waals surface area (Å²) in [4.78, 5) is 14.2. The Kier molecular flexibility index (Phi) is 6.01. The molecule has 1 aliphatic heterocycles. The summed E-state index contributed by atoms with van der Waals surface area (Å²) in [6.07, 6.45) is 6.62. The predicted molar refractivity (Wildman–Crippen MR) is 97.6 cm³/mol. The van der Waals surface area contributed by atoms with E-state index in [2.05, 4.69) is 0 Å². The van der Waals surface area contributed by atoms with Gasteiger partial charge in [-0.2, -0.15) is 17.0 Å². The Morgan fingerprint density at radius 3 is 2.46 bits per heavy atom. The second-order valence-corrected chi connectivity index (χ2v) is 9.00. The van der Waals surface area contributed by atoms with Crippen LogP contribution in [0.5, 0.6) is 0 Å². The number of rotatable bonds is 5. The van der Waals surface area contributed by atoms with Crippen LogP contribution in [0.1, 0.15) is 48.2 Å². The number of amides is 1. The highest BCUT2D eigenvalue weighted by Crippen LogP contribution is 2.25. The molecule has 1 aromatic rings. The van der Waals surface area contributed by atoms with E-state index in [-0.39, 0.29) is 18.5 Å². The van der Waals surface area contributed by atoms with E-state index >= 15 is 0 Å². The van der Waals surface area contributed by atoms with Gasteiger partial charge in [0.2, 0.25) is 0 Å². The number of hydrogen-bond donors (Lipinski definition) is 1. The second kappa shape index (κ2) is 8.08. The maximum absolute atomic E-state index is 12.9. The molecule has 2 fully saturated rings. The Hall–Kier alpha value is -1.42. The normalized spacial score (nSPS) is 20.7.